The van der Waals surface area contributed by atoms with E-state index < -0.39 is 0 Å². The van der Waals surface area contributed by atoms with Crippen LogP contribution in [-0.4, -0.2) is 35.1 Å². The third-order valence-electron chi connectivity index (χ3n) is 2.92. The summed E-state index contributed by atoms with van der Waals surface area (Å²) >= 11 is 0. The highest BCUT2D eigenvalue weighted by Crippen LogP contribution is 2.15. The van der Waals surface area contributed by atoms with Crippen molar-refractivity contribution in [2.45, 2.75) is 45.6 Å². The second kappa shape index (κ2) is 5.35. The first-order valence-corrected chi connectivity index (χ1v) is 5.62. The average molecular weight is 199 g/mol. The fraction of sp³-hybridized carbons (Fsp3) is 0.909. The van der Waals surface area contributed by atoms with Crippen molar-refractivity contribution in [3.05, 3.63) is 0 Å². The van der Waals surface area contributed by atoms with Crippen LogP contribution in [0.4, 0.5) is 0 Å². The number of aliphatic hydroxyl groups excluding tert-OH is 1. The Hall–Kier alpha value is -0.570. The lowest BCUT2D eigenvalue weighted by molar-refractivity contribution is -0.137. The van der Waals surface area contributed by atoms with E-state index in [1.807, 2.05) is 11.8 Å². The van der Waals surface area contributed by atoms with Crippen LogP contribution >= 0.6 is 0 Å². The maximum atomic E-state index is 11.8. The van der Waals surface area contributed by atoms with Crippen LogP contribution in [0.5, 0.6) is 0 Å². The van der Waals surface area contributed by atoms with Gasteiger partial charge in [0.1, 0.15) is 0 Å². The monoisotopic (exact) mass is 199 g/mol. The Balaban J connectivity index is 2.37. The Labute approximate surface area is 86.1 Å². The average Bonchev–Trinajstić information content (AvgIpc) is 2.18. The van der Waals surface area contributed by atoms with Crippen LogP contribution in [0.1, 0.15) is 39.5 Å². The van der Waals surface area contributed by atoms with Gasteiger partial charge in [-0.15, -0.1) is 0 Å². The van der Waals surface area contributed by atoms with Crippen LogP contribution in [0.15, 0.2) is 0 Å². The summed E-state index contributed by atoms with van der Waals surface area (Å²) in [6.07, 6.45) is 3.32. The van der Waals surface area contributed by atoms with Gasteiger partial charge in [-0.2, -0.15) is 0 Å². The molecule has 14 heavy (non-hydrogen) atoms. The van der Waals surface area contributed by atoms with Gasteiger partial charge < -0.3 is 10.0 Å². The molecule has 0 radical (unpaired) electrons. The molecule has 0 saturated carbocycles. The van der Waals surface area contributed by atoms with Crippen LogP contribution in [0.3, 0.4) is 0 Å². The molecule has 1 atom stereocenters. The molecule has 0 bridgehead atoms. The number of amides is 1. The number of piperidine rings is 1. The van der Waals surface area contributed by atoms with Gasteiger partial charge in [0, 0.05) is 19.0 Å². The first-order valence-electron chi connectivity index (χ1n) is 5.62. The van der Waals surface area contributed by atoms with Gasteiger partial charge in [-0.25, -0.2) is 0 Å². The first-order chi connectivity index (χ1) is 6.65. The van der Waals surface area contributed by atoms with Crippen LogP contribution < -0.4 is 0 Å². The number of hydrogen-bond donors (Lipinski definition) is 1. The van der Waals surface area contributed by atoms with Crippen molar-refractivity contribution < 1.29 is 9.90 Å². The van der Waals surface area contributed by atoms with E-state index in [-0.39, 0.29) is 17.9 Å². The van der Waals surface area contributed by atoms with Crippen LogP contribution in [0.2, 0.25) is 0 Å². The summed E-state index contributed by atoms with van der Waals surface area (Å²) in [6, 6.07) is 0. The minimum atomic E-state index is -0.194. The van der Waals surface area contributed by atoms with E-state index in [1.165, 1.54) is 0 Å². The van der Waals surface area contributed by atoms with E-state index >= 15 is 0 Å². The number of nitrogens with zero attached hydrogens (tertiary/aromatic N) is 1. The van der Waals surface area contributed by atoms with Crippen LogP contribution in [0.25, 0.3) is 0 Å². The van der Waals surface area contributed by atoms with Crippen molar-refractivity contribution in [3.8, 4) is 0 Å². The molecule has 0 aliphatic carbocycles. The minimum Gasteiger partial charge on any atom is -0.393 e. The van der Waals surface area contributed by atoms with Crippen LogP contribution in [0, 0.1) is 5.92 Å². The number of carbonyl (C=O) groups excluding carboxylic acids is 1. The van der Waals surface area contributed by atoms with E-state index in [0.29, 0.717) is 0 Å². The predicted octanol–water partition coefficient (Wildman–Crippen LogP) is 1.41. The van der Waals surface area contributed by atoms with Gasteiger partial charge in [-0.1, -0.05) is 20.3 Å². The maximum absolute atomic E-state index is 11.8. The second-order valence-corrected chi connectivity index (χ2v) is 4.25. The van der Waals surface area contributed by atoms with E-state index in [4.69, 9.17) is 0 Å². The summed E-state index contributed by atoms with van der Waals surface area (Å²) in [7, 11) is 0. The maximum Gasteiger partial charge on any atom is 0.225 e. The Morgan fingerprint density at radius 2 is 2.07 bits per heavy atom. The molecule has 1 aliphatic heterocycles. The number of aliphatic hydroxyl groups is 1. The van der Waals surface area contributed by atoms with Crippen molar-refractivity contribution in [2.24, 2.45) is 5.92 Å². The molecule has 1 amide bonds. The lowest BCUT2D eigenvalue weighted by Gasteiger charge is -2.31. The fourth-order valence-corrected chi connectivity index (χ4v) is 1.95. The lowest BCUT2D eigenvalue weighted by atomic mass is 10.0. The number of hydrogen-bond acceptors (Lipinski definition) is 2. The smallest absolute Gasteiger partial charge is 0.225 e. The molecule has 0 aromatic heterocycles. The van der Waals surface area contributed by atoms with Crippen molar-refractivity contribution in [3.63, 3.8) is 0 Å². The standard InChI is InChI=1S/C11H21NO2/c1-3-4-9(2)11(14)12-7-5-10(13)6-8-12/h9-10,13H,3-8H2,1-2H3. The fourth-order valence-electron chi connectivity index (χ4n) is 1.95. The Bertz CT molecular complexity index is 186. The molecule has 1 rings (SSSR count). The number of likely N-dealkylation sites (tertiary alicyclic amines) is 1. The highest BCUT2D eigenvalue weighted by atomic mass is 16.3. The van der Waals surface area contributed by atoms with Crippen molar-refractivity contribution >= 4 is 5.91 Å². The normalized spacial score (nSPS) is 20.9. The summed E-state index contributed by atoms with van der Waals surface area (Å²) in [4.78, 5) is 13.7. The summed E-state index contributed by atoms with van der Waals surface area (Å²) in [5.74, 6) is 0.411. The van der Waals surface area contributed by atoms with Gasteiger partial charge in [-0.3, -0.25) is 4.79 Å². The third kappa shape index (κ3) is 2.98. The second-order valence-electron chi connectivity index (χ2n) is 4.25. The van der Waals surface area contributed by atoms with Gasteiger partial charge in [0.25, 0.3) is 0 Å². The quantitative estimate of drug-likeness (QED) is 0.746. The van der Waals surface area contributed by atoms with E-state index in [0.717, 1.165) is 38.8 Å². The molecular weight excluding hydrogens is 178 g/mol. The zero-order valence-corrected chi connectivity index (χ0v) is 9.20. The van der Waals surface area contributed by atoms with E-state index in [9.17, 15) is 9.90 Å². The molecule has 1 fully saturated rings. The van der Waals surface area contributed by atoms with Gasteiger partial charge in [0.15, 0.2) is 0 Å². The van der Waals surface area contributed by atoms with E-state index in [2.05, 4.69) is 6.92 Å². The molecule has 1 aliphatic rings. The summed E-state index contributed by atoms with van der Waals surface area (Å²) in [5, 5.41) is 9.31. The highest BCUT2D eigenvalue weighted by molar-refractivity contribution is 5.78. The van der Waals surface area contributed by atoms with Gasteiger partial charge in [0.05, 0.1) is 6.10 Å². The Morgan fingerprint density at radius 1 is 1.50 bits per heavy atom. The summed E-state index contributed by atoms with van der Waals surface area (Å²) in [6.45, 7) is 5.56. The molecule has 3 heteroatoms. The van der Waals surface area contributed by atoms with E-state index in [1.54, 1.807) is 0 Å². The highest BCUT2D eigenvalue weighted by Gasteiger charge is 2.24. The van der Waals surface area contributed by atoms with Gasteiger partial charge >= 0.3 is 0 Å². The zero-order valence-electron chi connectivity index (χ0n) is 9.20. The molecule has 1 N–H and O–H groups in total. The summed E-state index contributed by atoms with van der Waals surface area (Å²) < 4.78 is 0. The van der Waals surface area contributed by atoms with Gasteiger partial charge in [0.2, 0.25) is 5.91 Å². The van der Waals surface area contributed by atoms with Crippen molar-refractivity contribution in [2.75, 3.05) is 13.1 Å². The van der Waals surface area contributed by atoms with Crippen LogP contribution in [-0.2, 0) is 4.79 Å². The number of carbonyl (C=O) groups is 1. The molecule has 1 unspecified atom stereocenters. The SMILES string of the molecule is CCCC(C)C(=O)N1CCC(O)CC1. The van der Waals surface area contributed by atoms with Crippen molar-refractivity contribution in [1.82, 2.24) is 4.90 Å². The Kier molecular flexibility index (Phi) is 4.39. The van der Waals surface area contributed by atoms with Crippen molar-refractivity contribution in [1.29, 1.82) is 0 Å². The molecular formula is C11H21NO2. The first kappa shape index (κ1) is 11.5. The molecule has 0 aromatic carbocycles. The topological polar surface area (TPSA) is 40.5 Å². The predicted molar refractivity (Wildman–Crippen MR) is 55.9 cm³/mol. The number of rotatable bonds is 3. The molecule has 82 valence electrons. The molecule has 0 spiro atoms. The Morgan fingerprint density at radius 3 is 2.57 bits per heavy atom. The minimum absolute atomic E-state index is 0.148. The zero-order chi connectivity index (χ0) is 10.6. The summed E-state index contributed by atoms with van der Waals surface area (Å²) in [5.41, 5.74) is 0. The third-order valence-corrected chi connectivity index (χ3v) is 2.92. The lowest BCUT2D eigenvalue weighted by Crippen LogP contribution is -2.42. The molecule has 0 aromatic rings. The molecule has 3 nitrogen and oxygen atoms in total. The molecule has 1 saturated heterocycles. The molecule has 1 heterocycles. The van der Waals surface area contributed by atoms with Gasteiger partial charge in [-0.05, 0) is 19.3 Å². The largest absolute Gasteiger partial charge is 0.393 e.